The maximum absolute atomic E-state index is 11.8. The first-order chi connectivity index (χ1) is 12.1. The van der Waals surface area contributed by atoms with Gasteiger partial charge in [0.15, 0.2) is 5.69 Å². The molecule has 4 rings (SSSR count). The van der Waals surface area contributed by atoms with Gasteiger partial charge in [0, 0.05) is 16.7 Å². The van der Waals surface area contributed by atoms with E-state index in [1.807, 2.05) is 5.38 Å². The maximum Gasteiger partial charge on any atom is 0.270 e. The summed E-state index contributed by atoms with van der Waals surface area (Å²) in [5.74, 6) is -0.545. The lowest BCUT2D eigenvalue weighted by Crippen LogP contribution is -2.14. The van der Waals surface area contributed by atoms with Gasteiger partial charge in [-0.1, -0.05) is 29.8 Å². The van der Waals surface area contributed by atoms with Crippen LogP contribution in [-0.2, 0) is 6.42 Å². The van der Waals surface area contributed by atoms with E-state index in [9.17, 15) is 4.79 Å². The third kappa shape index (κ3) is 3.06. The molecule has 1 aromatic carbocycles. The quantitative estimate of drug-likeness (QED) is 0.582. The van der Waals surface area contributed by atoms with Gasteiger partial charge in [-0.15, -0.1) is 16.4 Å². The molecule has 0 saturated heterocycles. The van der Waals surface area contributed by atoms with Gasteiger partial charge in [-0.05, 0) is 40.9 Å². The number of nitrogens with two attached hydrogens (primary N) is 1. The molecule has 1 amide bonds. The first kappa shape index (κ1) is 15.9. The Morgan fingerprint density at radius 1 is 1.16 bits per heavy atom. The number of carbonyl (C=O) groups excluding carboxylic acids is 1. The zero-order valence-electron chi connectivity index (χ0n) is 13.5. The van der Waals surface area contributed by atoms with Crippen molar-refractivity contribution in [1.82, 2.24) is 10.2 Å². The van der Waals surface area contributed by atoms with Crippen LogP contribution in [0.2, 0.25) is 0 Å². The van der Waals surface area contributed by atoms with Crippen molar-refractivity contribution >= 4 is 38.7 Å². The zero-order valence-corrected chi connectivity index (χ0v) is 15.2. The maximum atomic E-state index is 11.8. The number of benzene rings is 1. The molecule has 0 fully saturated rings. The fourth-order valence-electron chi connectivity index (χ4n) is 2.73. The molecule has 0 bridgehead atoms. The van der Waals surface area contributed by atoms with E-state index in [0.717, 1.165) is 26.2 Å². The Morgan fingerprint density at radius 2 is 1.96 bits per heavy atom. The van der Waals surface area contributed by atoms with E-state index in [4.69, 9.17) is 5.73 Å². The van der Waals surface area contributed by atoms with Gasteiger partial charge >= 0.3 is 0 Å². The van der Waals surface area contributed by atoms with Crippen molar-refractivity contribution in [3.63, 3.8) is 0 Å². The van der Waals surface area contributed by atoms with Crippen LogP contribution >= 0.6 is 22.7 Å². The van der Waals surface area contributed by atoms with Crippen molar-refractivity contribution in [3.8, 4) is 10.4 Å². The lowest BCUT2D eigenvalue weighted by molar-refractivity contribution is 0.0996. The second-order valence-corrected chi connectivity index (χ2v) is 7.72. The first-order valence-corrected chi connectivity index (χ1v) is 9.55. The number of aromatic nitrogens is 2. The molecule has 0 unspecified atom stereocenters. The Morgan fingerprint density at radius 3 is 2.64 bits per heavy atom. The molecule has 3 aromatic heterocycles. The van der Waals surface area contributed by atoms with Crippen molar-refractivity contribution < 1.29 is 4.79 Å². The smallest absolute Gasteiger partial charge is 0.270 e. The summed E-state index contributed by atoms with van der Waals surface area (Å²) in [6.07, 6.45) is 0.691. The average Bonchev–Trinajstić information content (AvgIpc) is 3.25. The minimum Gasteiger partial charge on any atom is -0.364 e. The van der Waals surface area contributed by atoms with Crippen LogP contribution in [0, 0.1) is 6.92 Å². The molecule has 4 nitrogen and oxygen atoms in total. The predicted octanol–water partition coefficient (Wildman–Crippen LogP) is 4.42. The summed E-state index contributed by atoms with van der Waals surface area (Å²) in [7, 11) is 0. The van der Waals surface area contributed by atoms with Gasteiger partial charge in [0.05, 0.1) is 10.4 Å². The van der Waals surface area contributed by atoms with Crippen LogP contribution in [0.25, 0.3) is 20.5 Å². The number of hydrogen-bond acceptors (Lipinski definition) is 5. The fourth-order valence-corrected chi connectivity index (χ4v) is 4.57. The van der Waals surface area contributed by atoms with E-state index >= 15 is 0 Å². The highest BCUT2D eigenvalue weighted by molar-refractivity contribution is 7.22. The van der Waals surface area contributed by atoms with Crippen molar-refractivity contribution in [2.75, 3.05) is 0 Å². The summed E-state index contributed by atoms with van der Waals surface area (Å²) in [4.78, 5) is 12.8. The molecular formula is C19H15N3OS2. The van der Waals surface area contributed by atoms with Crippen molar-refractivity contribution in [1.29, 1.82) is 0 Å². The van der Waals surface area contributed by atoms with Gasteiger partial charge in [0.1, 0.15) is 0 Å². The third-order valence-corrected chi connectivity index (χ3v) is 5.97. The Kier molecular flexibility index (Phi) is 4.07. The molecule has 0 saturated carbocycles. The molecule has 6 heteroatoms. The lowest BCUT2D eigenvalue weighted by atomic mass is 10.1. The summed E-state index contributed by atoms with van der Waals surface area (Å²) in [5.41, 5.74) is 10.1. The van der Waals surface area contributed by atoms with Gasteiger partial charge in [-0.3, -0.25) is 4.79 Å². The number of nitrogens with zero attached hydrogens (tertiary/aromatic N) is 2. The molecular weight excluding hydrogens is 350 g/mol. The number of amides is 1. The zero-order chi connectivity index (χ0) is 17.4. The van der Waals surface area contributed by atoms with Gasteiger partial charge in [0.2, 0.25) is 0 Å². The van der Waals surface area contributed by atoms with E-state index < -0.39 is 5.91 Å². The Balaban J connectivity index is 1.88. The largest absolute Gasteiger partial charge is 0.364 e. The fraction of sp³-hybridized carbons (Fsp3) is 0.105. The molecule has 0 aliphatic heterocycles. The van der Waals surface area contributed by atoms with Gasteiger partial charge in [-0.25, -0.2) is 0 Å². The topological polar surface area (TPSA) is 68.9 Å². The standard InChI is InChI=1S/C19H15N3OS2/c1-11-2-4-13(5-3-11)16-9-14-15(8-12-6-7-24-10-12)21-22-17(19(20)23)18(14)25-16/h2-7,9-10H,8H2,1H3,(H2,20,23). The average molecular weight is 365 g/mol. The second kappa shape index (κ2) is 6.38. The normalized spacial score (nSPS) is 11.1. The molecule has 2 N–H and O–H groups in total. The Hall–Kier alpha value is -2.57. The van der Waals surface area contributed by atoms with Crippen LogP contribution in [0.4, 0.5) is 0 Å². The highest BCUT2D eigenvalue weighted by Gasteiger charge is 2.17. The van der Waals surface area contributed by atoms with Gasteiger partial charge in [0.25, 0.3) is 5.91 Å². The highest BCUT2D eigenvalue weighted by Crippen LogP contribution is 2.36. The number of aryl methyl sites for hydroxylation is 1. The Labute approximate surface area is 153 Å². The minimum absolute atomic E-state index is 0.243. The lowest BCUT2D eigenvalue weighted by Gasteiger charge is -2.02. The molecule has 4 aromatic rings. The molecule has 0 aliphatic rings. The highest BCUT2D eigenvalue weighted by atomic mass is 32.1. The number of carbonyl (C=O) groups is 1. The molecule has 0 aliphatic carbocycles. The van der Waals surface area contributed by atoms with E-state index in [0.29, 0.717) is 6.42 Å². The van der Waals surface area contributed by atoms with E-state index in [1.165, 1.54) is 22.5 Å². The van der Waals surface area contributed by atoms with Crippen LogP contribution in [-0.4, -0.2) is 16.1 Å². The Bertz CT molecular complexity index is 1050. The van der Waals surface area contributed by atoms with Gasteiger partial charge < -0.3 is 5.73 Å². The summed E-state index contributed by atoms with van der Waals surface area (Å²) in [5, 5.41) is 13.5. The summed E-state index contributed by atoms with van der Waals surface area (Å²) in [6, 6.07) is 12.5. The molecule has 25 heavy (non-hydrogen) atoms. The number of fused-ring (bicyclic) bond motifs is 1. The SMILES string of the molecule is Cc1ccc(-c2cc3c(Cc4ccsc4)nnc(C(N)=O)c3s2)cc1. The first-order valence-electron chi connectivity index (χ1n) is 7.79. The van der Waals surface area contributed by atoms with Crippen LogP contribution in [0.3, 0.4) is 0 Å². The number of thiophene rings is 2. The molecule has 0 atom stereocenters. The number of hydrogen-bond donors (Lipinski definition) is 1. The summed E-state index contributed by atoms with van der Waals surface area (Å²) in [6.45, 7) is 2.06. The summed E-state index contributed by atoms with van der Waals surface area (Å²) < 4.78 is 0.809. The van der Waals surface area contributed by atoms with Crippen LogP contribution in [0.15, 0.2) is 47.2 Å². The van der Waals surface area contributed by atoms with E-state index in [1.54, 1.807) is 11.3 Å². The minimum atomic E-state index is -0.545. The predicted molar refractivity (Wildman–Crippen MR) is 103 cm³/mol. The second-order valence-electron chi connectivity index (χ2n) is 5.89. The molecule has 0 spiro atoms. The van der Waals surface area contributed by atoms with Crippen LogP contribution in [0.5, 0.6) is 0 Å². The van der Waals surface area contributed by atoms with Crippen molar-refractivity contribution in [2.45, 2.75) is 13.3 Å². The molecule has 124 valence electrons. The monoisotopic (exact) mass is 365 g/mol. The van der Waals surface area contributed by atoms with E-state index in [2.05, 4.69) is 58.9 Å². The van der Waals surface area contributed by atoms with Crippen LogP contribution in [0.1, 0.15) is 27.3 Å². The number of rotatable bonds is 4. The van der Waals surface area contributed by atoms with Crippen molar-refractivity contribution in [2.24, 2.45) is 5.73 Å². The number of primary amides is 1. The van der Waals surface area contributed by atoms with Crippen molar-refractivity contribution in [3.05, 3.63) is 69.7 Å². The molecule has 3 heterocycles. The third-order valence-electron chi connectivity index (χ3n) is 4.05. The summed E-state index contributed by atoms with van der Waals surface area (Å²) >= 11 is 3.19. The van der Waals surface area contributed by atoms with E-state index in [-0.39, 0.29) is 5.69 Å². The molecule has 0 radical (unpaired) electrons. The van der Waals surface area contributed by atoms with Crippen LogP contribution < -0.4 is 5.73 Å². The van der Waals surface area contributed by atoms with Gasteiger partial charge in [-0.2, -0.15) is 16.4 Å².